The van der Waals surface area contributed by atoms with Crippen LogP contribution in [0.5, 0.6) is 0 Å². The summed E-state index contributed by atoms with van der Waals surface area (Å²) in [5.74, 6) is 0.804. The summed E-state index contributed by atoms with van der Waals surface area (Å²) >= 11 is 0. The number of amides is 1. The van der Waals surface area contributed by atoms with E-state index in [-0.39, 0.29) is 11.9 Å². The van der Waals surface area contributed by atoms with Crippen LogP contribution < -0.4 is 5.32 Å². The predicted octanol–water partition coefficient (Wildman–Crippen LogP) is 1.15. The highest BCUT2D eigenvalue weighted by molar-refractivity contribution is 6.03. The van der Waals surface area contributed by atoms with Gasteiger partial charge < -0.3 is 0 Å². The van der Waals surface area contributed by atoms with Crippen LogP contribution in [-0.4, -0.2) is 30.5 Å². The lowest BCUT2D eigenvalue weighted by Gasteiger charge is -2.03. The molecule has 2 heterocycles. The van der Waals surface area contributed by atoms with Crippen molar-refractivity contribution in [2.75, 3.05) is 5.32 Å². The number of nitrogens with one attached hydrogen (secondary N) is 1. The molecule has 7 nitrogen and oxygen atoms in total. The van der Waals surface area contributed by atoms with Crippen LogP contribution in [0.2, 0.25) is 0 Å². The Morgan fingerprint density at radius 1 is 1.44 bits per heavy atom. The Morgan fingerprint density at radius 3 is 2.67 bits per heavy atom. The van der Waals surface area contributed by atoms with E-state index in [2.05, 4.69) is 20.5 Å². The van der Waals surface area contributed by atoms with Gasteiger partial charge in [0, 0.05) is 19.3 Å². The summed E-state index contributed by atoms with van der Waals surface area (Å²) in [4.78, 5) is 16.1. The third-order valence-corrected chi connectivity index (χ3v) is 2.49. The van der Waals surface area contributed by atoms with Crippen LogP contribution >= 0.6 is 0 Å². The van der Waals surface area contributed by atoms with E-state index in [0.717, 1.165) is 0 Å². The molecule has 1 amide bonds. The molecule has 0 spiro atoms. The van der Waals surface area contributed by atoms with Crippen molar-refractivity contribution in [3.8, 4) is 0 Å². The van der Waals surface area contributed by atoms with Gasteiger partial charge >= 0.3 is 0 Å². The Labute approximate surface area is 105 Å². The first-order chi connectivity index (χ1) is 8.47. The van der Waals surface area contributed by atoms with Gasteiger partial charge in [-0.3, -0.25) is 14.8 Å². The predicted molar refractivity (Wildman–Crippen MR) is 66.3 cm³/mol. The molecular formula is C11H16N6O. The summed E-state index contributed by atoms with van der Waals surface area (Å²) in [6.07, 6.45) is 3.25. The first-order valence-electron chi connectivity index (χ1n) is 5.70. The van der Waals surface area contributed by atoms with Crippen LogP contribution in [0, 0.1) is 6.92 Å². The molecule has 2 rings (SSSR count). The van der Waals surface area contributed by atoms with Gasteiger partial charge in [0.2, 0.25) is 5.95 Å². The van der Waals surface area contributed by atoms with E-state index < -0.39 is 0 Å². The zero-order valence-electron chi connectivity index (χ0n) is 10.9. The maximum Gasteiger partial charge on any atom is 0.261 e. The molecule has 18 heavy (non-hydrogen) atoms. The van der Waals surface area contributed by atoms with Gasteiger partial charge in [0.25, 0.3) is 5.91 Å². The highest BCUT2D eigenvalue weighted by Crippen LogP contribution is 2.08. The number of carbonyl (C=O) groups is 1. The fraction of sp³-hybridized carbons (Fsp3) is 0.455. The standard InChI is InChI=1S/C11H16N6O/c1-7(2)17-6-9(5-12-17)10(18)14-11-13-8(3)15-16(11)4/h5-7H,1-4H3,(H,13,14,15,18). The Morgan fingerprint density at radius 2 is 2.17 bits per heavy atom. The minimum Gasteiger partial charge on any atom is -0.290 e. The molecule has 7 heteroatoms. The lowest BCUT2D eigenvalue weighted by Crippen LogP contribution is -2.14. The van der Waals surface area contributed by atoms with E-state index in [9.17, 15) is 4.79 Å². The number of aryl methyl sites for hydroxylation is 2. The molecule has 0 saturated heterocycles. The van der Waals surface area contributed by atoms with E-state index in [4.69, 9.17) is 0 Å². The minimum absolute atomic E-state index is 0.226. The summed E-state index contributed by atoms with van der Waals surface area (Å²) in [5, 5.41) is 10.9. The highest BCUT2D eigenvalue weighted by atomic mass is 16.1. The van der Waals surface area contributed by atoms with Crippen molar-refractivity contribution in [3.05, 3.63) is 23.8 Å². The lowest BCUT2D eigenvalue weighted by atomic mass is 10.3. The maximum atomic E-state index is 12.0. The molecule has 0 aliphatic heterocycles. The molecular weight excluding hydrogens is 232 g/mol. The lowest BCUT2D eigenvalue weighted by molar-refractivity contribution is 0.102. The third kappa shape index (κ3) is 2.39. The van der Waals surface area contributed by atoms with Gasteiger partial charge in [-0.1, -0.05) is 0 Å². The van der Waals surface area contributed by atoms with Gasteiger partial charge in [0.15, 0.2) is 0 Å². The minimum atomic E-state index is -0.239. The molecule has 2 aromatic rings. The summed E-state index contributed by atoms with van der Waals surface area (Å²) in [7, 11) is 1.73. The van der Waals surface area contributed by atoms with Crippen LogP contribution in [-0.2, 0) is 7.05 Å². The Bertz CT molecular complexity index is 568. The Hall–Kier alpha value is -2.18. The summed E-state index contributed by atoms with van der Waals surface area (Å²) in [6.45, 7) is 5.77. The molecule has 0 saturated carbocycles. The molecule has 0 aliphatic carbocycles. The second-order valence-electron chi connectivity index (χ2n) is 4.36. The fourth-order valence-electron chi connectivity index (χ4n) is 1.53. The molecule has 1 N–H and O–H groups in total. The number of nitrogens with zero attached hydrogens (tertiary/aromatic N) is 5. The number of anilines is 1. The number of hydrogen-bond acceptors (Lipinski definition) is 4. The molecule has 0 atom stereocenters. The van der Waals surface area contributed by atoms with Crippen molar-refractivity contribution in [1.29, 1.82) is 0 Å². The van der Waals surface area contributed by atoms with Crippen molar-refractivity contribution in [2.24, 2.45) is 7.05 Å². The van der Waals surface area contributed by atoms with Crippen molar-refractivity contribution in [2.45, 2.75) is 26.8 Å². The summed E-state index contributed by atoms with van der Waals surface area (Å²) < 4.78 is 3.26. The fourth-order valence-corrected chi connectivity index (χ4v) is 1.53. The first-order valence-corrected chi connectivity index (χ1v) is 5.70. The number of rotatable bonds is 3. The third-order valence-electron chi connectivity index (χ3n) is 2.49. The maximum absolute atomic E-state index is 12.0. The molecule has 96 valence electrons. The van der Waals surface area contributed by atoms with Gasteiger partial charge in [0.1, 0.15) is 5.82 Å². The quantitative estimate of drug-likeness (QED) is 0.884. The van der Waals surface area contributed by atoms with Crippen LogP contribution in [0.4, 0.5) is 5.95 Å². The molecule has 2 aromatic heterocycles. The van der Waals surface area contributed by atoms with E-state index in [1.54, 1.807) is 31.0 Å². The van der Waals surface area contributed by atoms with Crippen molar-refractivity contribution in [3.63, 3.8) is 0 Å². The van der Waals surface area contributed by atoms with Gasteiger partial charge in [-0.2, -0.15) is 15.2 Å². The molecule has 0 fully saturated rings. The molecule has 0 radical (unpaired) electrons. The molecule has 0 aliphatic rings. The van der Waals surface area contributed by atoms with Gasteiger partial charge in [-0.15, -0.1) is 0 Å². The number of aromatic nitrogens is 5. The largest absolute Gasteiger partial charge is 0.290 e. The summed E-state index contributed by atoms with van der Waals surface area (Å²) in [6, 6.07) is 0.226. The normalized spacial score (nSPS) is 10.9. The Kier molecular flexibility index (Phi) is 3.14. The van der Waals surface area contributed by atoms with Crippen LogP contribution in [0.3, 0.4) is 0 Å². The second-order valence-corrected chi connectivity index (χ2v) is 4.36. The summed E-state index contributed by atoms with van der Waals surface area (Å²) in [5.41, 5.74) is 0.504. The SMILES string of the molecule is Cc1nc(NC(=O)c2cnn(C(C)C)c2)n(C)n1. The first kappa shape index (κ1) is 12.3. The van der Waals surface area contributed by atoms with E-state index >= 15 is 0 Å². The van der Waals surface area contributed by atoms with Crippen molar-refractivity contribution < 1.29 is 4.79 Å². The van der Waals surface area contributed by atoms with E-state index in [1.807, 2.05) is 13.8 Å². The monoisotopic (exact) mass is 248 g/mol. The number of hydrogen-bond donors (Lipinski definition) is 1. The van der Waals surface area contributed by atoms with Gasteiger partial charge in [-0.05, 0) is 20.8 Å². The van der Waals surface area contributed by atoms with Crippen molar-refractivity contribution >= 4 is 11.9 Å². The van der Waals surface area contributed by atoms with Gasteiger partial charge in [0.05, 0.1) is 11.8 Å². The van der Waals surface area contributed by atoms with E-state index in [0.29, 0.717) is 17.3 Å². The second kappa shape index (κ2) is 4.59. The molecule has 0 bridgehead atoms. The zero-order valence-corrected chi connectivity index (χ0v) is 10.9. The highest BCUT2D eigenvalue weighted by Gasteiger charge is 2.13. The van der Waals surface area contributed by atoms with Crippen LogP contribution in [0.1, 0.15) is 36.1 Å². The van der Waals surface area contributed by atoms with Crippen LogP contribution in [0.15, 0.2) is 12.4 Å². The zero-order chi connectivity index (χ0) is 13.3. The molecule has 0 unspecified atom stereocenters. The topological polar surface area (TPSA) is 77.6 Å². The Balaban J connectivity index is 2.14. The average Bonchev–Trinajstić information content (AvgIpc) is 2.86. The van der Waals surface area contributed by atoms with Crippen molar-refractivity contribution in [1.82, 2.24) is 24.5 Å². The number of carbonyl (C=O) groups excluding carboxylic acids is 1. The van der Waals surface area contributed by atoms with Crippen LogP contribution in [0.25, 0.3) is 0 Å². The average molecular weight is 248 g/mol. The van der Waals surface area contributed by atoms with E-state index in [1.165, 1.54) is 4.68 Å². The molecule has 0 aromatic carbocycles. The van der Waals surface area contributed by atoms with Gasteiger partial charge in [-0.25, -0.2) is 4.68 Å². The smallest absolute Gasteiger partial charge is 0.261 e.